The summed E-state index contributed by atoms with van der Waals surface area (Å²) in [5.74, 6) is -3.47. The first-order valence-corrected chi connectivity index (χ1v) is 11.6. The van der Waals surface area contributed by atoms with Crippen LogP contribution in [0.3, 0.4) is 0 Å². The summed E-state index contributed by atoms with van der Waals surface area (Å²) in [6.45, 7) is 0. The van der Waals surface area contributed by atoms with Crippen LogP contribution in [0.15, 0.2) is 48.6 Å². The maximum atomic E-state index is 12.4. The fourth-order valence-electron chi connectivity index (χ4n) is 3.95. The first-order valence-electron chi connectivity index (χ1n) is 11.6. The molecule has 2 atom stereocenters. The smallest absolute Gasteiger partial charge is 0.335 e. The number of aliphatic carboxylic acids is 1. The van der Waals surface area contributed by atoms with E-state index in [0.717, 1.165) is 12.2 Å². The predicted octanol–water partition coefficient (Wildman–Crippen LogP) is 1.64. The number of rotatable bonds is 9. The van der Waals surface area contributed by atoms with Crippen molar-refractivity contribution in [3.8, 4) is 23.0 Å². The van der Waals surface area contributed by atoms with Crippen molar-refractivity contribution in [1.82, 2.24) is 0 Å². The van der Waals surface area contributed by atoms with E-state index in [1.807, 2.05) is 0 Å². The van der Waals surface area contributed by atoms with Crippen LogP contribution < -0.4 is 9.47 Å². The monoisotopic (exact) mass is 544 g/mol. The molecule has 5 N–H and O–H groups in total. The van der Waals surface area contributed by atoms with Gasteiger partial charge in [0.25, 0.3) is 0 Å². The van der Waals surface area contributed by atoms with Crippen molar-refractivity contribution >= 4 is 30.1 Å². The quantitative estimate of drug-likeness (QED) is 0.227. The molecule has 1 aliphatic carbocycles. The number of methoxy groups -OCH3 is 2. The molecular formula is C27H28O12. The highest BCUT2D eigenvalue weighted by atomic mass is 16.6. The van der Waals surface area contributed by atoms with Gasteiger partial charge in [0.05, 0.1) is 14.2 Å². The van der Waals surface area contributed by atoms with Crippen LogP contribution in [-0.4, -0.2) is 81.6 Å². The number of aliphatic hydroxyl groups is 2. The number of carbonyl (C=O) groups is 3. The molecule has 39 heavy (non-hydrogen) atoms. The molecule has 2 aromatic rings. The molecule has 1 aliphatic rings. The van der Waals surface area contributed by atoms with Crippen molar-refractivity contribution in [1.29, 1.82) is 0 Å². The van der Waals surface area contributed by atoms with Crippen LogP contribution in [0.2, 0.25) is 0 Å². The van der Waals surface area contributed by atoms with Crippen molar-refractivity contribution in [3.05, 3.63) is 59.7 Å². The minimum Gasteiger partial charge on any atom is -0.504 e. The van der Waals surface area contributed by atoms with Crippen molar-refractivity contribution in [2.75, 3.05) is 14.2 Å². The number of phenols is 2. The predicted molar refractivity (Wildman–Crippen MR) is 135 cm³/mol. The van der Waals surface area contributed by atoms with E-state index < -0.39 is 54.7 Å². The molecule has 208 valence electrons. The van der Waals surface area contributed by atoms with E-state index in [-0.39, 0.29) is 23.0 Å². The average Bonchev–Trinajstić information content (AvgIpc) is 2.89. The Kier molecular flexibility index (Phi) is 9.17. The Labute approximate surface area is 222 Å². The van der Waals surface area contributed by atoms with Crippen LogP contribution in [0, 0.1) is 0 Å². The number of phenolic OH excluding ortho intramolecular Hbond substituents is 2. The van der Waals surface area contributed by atoms with Crippen LogP contribution in [-0.2, 0) is 23.9 Å². The van der Waals surface area contributed by atoms with E-state index in [9.17, 15) is 39.9 Å². The third-order valence-corrected chi connectivity index (χ3v) is 6.00. The van der Waals surface area contributed by atoms with Crippen molar-refractivity contribution in [2.24, 2.45) is 0 Å². The number of hydrogen-bond donors (Lipinski definition) is 5. The molecule has 12 nitrogen and oxygen atoms in total. The molecule has 0 radical (unpaired) electrons. The summed E-state index contributed by atoms with van der Waals surface area (Å²) < 4.78 is 20.3. The van der Waals surface area contributed by atoms with Crippen LogP contribution in [0.5, 0.6) is 23.0 Å². The van der Waals surface area contributed by atoms with E-state index in [0.29, 0.717) is 11.1 Å². The molecule has 0 amide bonds. The summed E-state index contributed by atoms with van der Waals surface area (Å²) in [6.07, 6.45) is -1.42. The minimum absolute atomic E-state index is 0.162. The third kappa shape index (κ3) is 7.27. The molecule has 3 rings (SSSR count). The SMILES string of the molecule is COc1ccc(/C=C/C(=O)OC2CC(O)(C(=O)O)CC(OC(=O)/C=C/c3ccc(OC)c(O)c3)C2O)cc1O. The highest BCUT2D eigenvalue weighted by Gasteiger charge is 2.52. The van der Waals surface area contributed by atoms with Gasteiger partial charge in [-0.1, -0.05) is 12.1 Å². The Balaban J connectivity index is 1.70. The van der Waals surface area contributed by atoms with Gasteiger partial charge in [-0.3, -0.25) is 0 Å². The normalized spacial score (nSPS) is 22.9. The van der Waals surface area contributed by atoms with Gasteiger partial charge < -0.3 is 44.5 Å². The number of benzene rings is 2. The molecule has 0 aromatic heterocycles. The molecule has 0 aliphatic heterocycles. The van der Waals surface area contributed by atoms with Gasteiger partial charge in [-0.05, 0) is 47.5 Å². The Hall–Kier alpha value is -4.55. The largest absolute Gasteiger partial charge is 0.504 e. The van der Waals surface area contributed by atoms with E-state index >= 15 is 0 Å². The van der Waals surface area contributed by atoms with Gasteiger partial charge in [-0.15, -0.1) is 0 Å². The maximum Gasteiger partial charge on any atom is 0.335 e. The van der Waals surface area contributed by atoms with Gasteiger partial charge in [0, 0.05) is 25.0 Å². The Morgan fingerprint density at radius 1 is 0.821 bits per heavy atom. The Morgan fingerprint density at radius 3 is 1.56 bits per heavy atom. The van der Waals surface area contributed by atoms with E-state index in [2.05, 4.69) is 0 Å². The number of esters is 2. The minimum atomic E-state index is -2.45. The first-order chi connectivity index (χ1) is 18.4. The van der Waals surface area contributed by atoms with Gasteiger partial charge in [0.2, 0.25) is 0 Å². The fourth-order valence-corrected chi connectivity index (χ4v) is 3.95. The van der Waals surface area contributed by atoms with Crippen molar-refractivity contribution in [2.45, 2.75) is 36.8 Å². The van der Waals surface area contributed by atoms with Gasteiger partial charge in [0.15, 0.2) is 28.6 Å². The number of aromatic hydroxyl groups is 2. The molecule has 2 unspecified atom stereocenters. The van der Waals surface area contributed by atoms with Crippen LogP contribution in [0.25, 0.3) is 12.2 Å². The number of carbonyl (C=O) groups excluding carboxylic acids is 2. The second-order valence-corrected chi connectivity index (χ2v) is 8.72. The molecular weight excluding hydrogens is 516 g/mol. The van der Waals surface area contributed by atoms with Gasteiger partial charge in [-0.2, -0.15) is 0 Å². The Morgan fingerprint density at radius 2 is 1.23 bits per heavy atom. The first kappa shape index (κ1) is 29.0. The number of ether oxygens (including phenoxy) is 4. The number of hydrogen-bond acceptors (Lipinski definition) is 11. The van der Waals surface area contributed by atoms with Gasteiger partial charge in [-0.25, -0.2) is 14.4 Å². The number of carboxylic acids is 1. The van der Waals surface area contributed by atoms with Crippen molar-refractivity contribution in [3.63, 3.8) is 0 Å². The topological polar surface area (TPSA) is 189 Å². The lowest BCUT2D eigenvalue weighted by Gasteiger charge is -2.40. The highest BCUT2D eigenvalue weighted by molar-refractivity contribution is 5.88. The highest BCUT2D eigenvalue weighted by Crippen LogP contribution is 2.34. The standard InChI is InChI=1S/C27H28O12/c1-36-19-7-3-15(11-17(19)28)5-9-23(30)38-21-13-27(35,26(33)34)14-22(25(21)32)39-24(31)10-6-16-4-8-20(37-2)18(29)12-16/h3-12,21-22,25,28-29,32,35H,13-14H2,1-2H3,(H,33,34)/b9-5+,10-6+. The average molecular weight is 545 g/mol. The molecule has 0 heterocycles. The van der Waals surface area contributed by atoms with Crippen LogP contribution >= 0.6 is 0 Å². The van der Waals surface area contributed by atoms with Gasteiger partial charge >= 0.3 is 17.9 Å². The second kappa shape index (κ2) is 12.3. The zero-order valence-electron chi connectivity index (χ0n) is 21.0. The summed E-state index contributed by atoms with van der Waals surface area (Å²) in [5.41, 5.74) is -1.62. The molecule has 12 heteroatoms. The third-order valence-electron chi connectivity index (χ3n) is 6.00. The molecule has 1 saturated carbocycles. The summed E-state index contributed by atoms with van der Waals surface area (Å²) in [5, 5.41) is 50.5. The van der Waals surface area contributed by atoms with E-state index in [4.69, 9.17) is 18.9 Å². The molecule has 0 spiro atoms. The zero-order valence-corrected chi connectivity index (χ0v) is 21.0. The van der Waals surface area contributed by atoms with E-state index in [1.165, 1.54) is 50.6 Å². The lowest BCUT2D eigenvalue weighted by Crippen LogP contribution is -2.58. The molecule has 0 bridgehead atoms. The summed E-state index contributed by atoms with van der Waals surface area (Å²) in [6, 6.07) is 8.72. The lowest BCUT2D eigenvalue weighted by molar-refractivity contribution is -0.203. The number of carboxylic acid groups (broad SMARTS) is 1. The van der Waals surface area contributed by atoms with Crippen LogP contribution in [0.4, 0.5) is 0 Å². The molecule has 0 saturated heterocycles. The van der Waals surface area contributed by atoms with Crippen molar-refractivity contribution < 1.29 is 58.9 Å². The second-order valence-electron chi connectivity index (χ2n) is 8.72. The number of aliphatic hydroxyl groups excluding tert-OH is 1. The maximum absolute atomic E-state index is 12.4. The molecule has 1 fully saturated rings. The zero-order chi connectivity index (χ0) is 28.7. The Bertz CT molecular complexity index is 1190. The molecule has 2 aromatic carbocycles. The van der Waals surface area contributed by atoms with Gasteiger partial charge in [0.1, 0.15) is 18.3 Å². The lowest BCUT2D eigenvalue weighted by atomic mass is 9.79. The summed E-state index contributed by atoms with van der Waals surface area (Å²) in [7, 11) is 2.76. The fraction of sp³-hybridized carbons (Fsp3) is 0.296. The van der Waals surface area contributed by atoms with Crippen LogP contribution in [0.1, 0.15) is 24.0 Å². The summed E-state index contributed by atoms with van der Waals surface area (Å²) >= 11 is 0. The summed E-state index contributed by atoms with van der Waals surface area (Å²) in [4.78, 5) is 36.5. The van der Waals surface area contributed by atoms with E-state index in [1.54, 1.807) is 12.1 Å².